The van der Waals surface area contributed by atoms with Gasteiger partial charge in [-0.3, -0.25) is 14.2 Å². The lowest BCUT2D eigenvalue weighted by Crippen LogP contribution is -2.16. The third-order valence-corrected chi connectivity index (χ3v) is 5.22. The predicted octanol–water partition coefficient (Wildman–Crippen LogP) is 5.24. The lowest BCUT2D eigenvalue weighted by atomic mass is 9.92. The van der Waals surface area contributed by atoms with Crippen LogP contribution in [0.4, 0.5) is 8.78 Å². The number of carbonyl (C=O) groups is 2. The number of carbonyl (C=O) groups excluding carboxylic acids is 1. The number of aliphatic carboxylic acids is 1. The Morgan fingerprint density at radius 2 is 1.86 bits per heavy atom. The number of phenolic OH excluding ortho intramolecular Hbond substituents is 1. The number of hydrogen-bond acceptors (Lipinski definition) is 3. The first-order valence-electron chi connectivity index (χ1n) is 8.93. The van der Waals surface area contributed by atoms with Gasteiger partial charge in [0.05, 0.1) is 16.5 Å². The Bertz CT molecular complexity index is 1140. The highest BCUT2D eigenvalue weighted by molar-refractivity contribution is 6.30. The first kappa shape index (κ1) is 20.8. The van der Waals surface area contributed by atoms with Gasteiger partial charge in [0.25, 0.3) is 5.91 Å². The number of hydrogen-bond donors (Lipinski definition) is 2. The standard InChI is InChI=1S/C21H18ClF2NO4/c1-3-4-12(21(28)29)19-10(2)25(17-9-16(24)18(26)8-13(17)19)20(27)11-5-6-14(22)15(23)7-11/h5-9,12,26H,3-4H2,1-2H3,(H,28,29). The second-order valence-electron chi connectivity index (χ2n) is 6.77. The second kappa shape index (κ2) is 7.83. The highest BCUT2D eigenvalue weighted by atomic mass is 35.5. The van der Waals surface area contributed by atoms with Crippen molar-refractivity contribution in [3.05, 3.63) is 63.8 Å². The Morgan fingerprint density at radius 3 is 2.45 bits per heavy atom. The van der Waals surface area contributed by atoms with Gasteiger partial charge in [-0.25, -0.2) is 8.78 Å². The van der Waals surface area contributed by atoms with Crippen LogP contribution in [0.2, 0.25) is 5.02 Å². The molecule has 0 saturated heterocycles. The molecule has 0 saturated carbocycles. The monoisotopic (exact) mass is 421 g/mol. The van der Waals surface area contributed by atoms with Crippen LogP contribution in [0, 0.1) is 18.6 Å². The summed E-state index contributed by atoms with van der Waals surface area (Å²) in [6.45, 7) is 3.36. The maximum absolute atomic E-state index is 14.1. The molecule has 2 aromatic carbocycles. The molecule has 0 aliphatic carbocycles. The molecule has 3 rings (SSSR count). The van der Waals surface area contributed by atoms with E-state index in [1.165, 1.54) is 12.1 Å². The molecule has 1 atom stereocenters. The molecule has 3 aromatic rings. The Hall–Kier alpha value is -2.93. The van der Waals surface area contributed by atoms with Crippen molar-refractivity contribution < 1.29 is 28.6 Å². The number of aromatic nitrogens is 1. The summed E-state index contributed by atoms with van der Waals surface area (Å²) in [6.07, 6.45) is 0.851. The summed E-state index contributed by atoms with van der Waals surface area (Å²) in [5, 5.41) is 19.6. The van der Waals surface area contributed by atoms with Gasteiger partial charge in [-0.1, -0.05) is 24.9 Å². The summed E-state index contributed by atoms with van der Waals surface area (Å²) in [7, 11) is 0. The van der Waals surface area contributed by atoms with Gasteiger partial charge in [0.15, 0.2) is 11.6 Å². The summed E-state index contributed by atoms with van der Waals surface area (Å²) in [5.41, 5.74) is 0.656. The third kappa shape index (κ3) is 3.58. The van der Waals surface area contributed by atoms with E-state index in [2.05, 4.69) is 0 Å². The van der Waals surface area contributed by atoms with Crippen LogP contribution in [0.3, 0.4) is 0 Å². The Balaban J connectivity index is 2.33. The summed E-state index contributed by atoms with van der Waals surface area (Å²) < 4.78 is 29.1. The number of carboxylic acid groups (broad SMARTS) is 1. The summed E-state index contributed by atoms with van der Waals surface area (Å²) >= 11 is 5.68. The van der Waals surface area contributed by atoms with E-state index < -0.39 is 35.2 Å². The van der Waals surface area contributed by atoms with Crippen molar-refractivity contribution in [1.82, 2.24) is 4.57 Å². The van der Waals surface area contributed by atoms with Crippen molar-refractivity contribution >= 4 is 34.4 Å². The van der Waals surface area contributed by atoms with Crippen LogP contribution < -0.4 is 0 Å². The highest BCUT2D eigenvalue weighted by Crippen LogP contribution is 2.37. The highest BCUT2D eigenvalue weighted by Gasteiger charge is 2.29. The first-order valence-corrected chi connectivity index (χ1v) is 9.31. The van der Waals surface area contributed by atoms with Gasteiger partial charge < -0.3 is 10.2 Å². The molecular formula is C21H18ClF2NO4. The molecule has 1 heterocycles. The fraction of sp³-hybridized carbons (Fsp3) is 0.238. The van der Waals surface area contributed by atoms with E-state index in [1.54, 1.807) is 6.92 Å². The molecule has 0 radical (unpaired) electrons. The average Bonchev–Trinajstić information content (AvgIpc) is 2.92. The maximum Gasteiger partial charge on any atom is 0.311 e. The minimum absolute atomic E-state index is 0.0331. The number of fused-ring (bicyclic) bond motifs is 1. The fourth-order valence-corrected chi connectivity index (χ4v) is 3.71. The molecule has 5 nitrogen and oxygen atoms in total. The van der Waals surface area contributed by atoms with Gasteiger partial charge in [-0.15, -0.1) is 0 Å². The topological polar surface area (TPSA) is 79.5 Å². The Kier molecular flexibility index (Phi) is 5.61. The lowest BCUT2D eigenvalue weighted by molar-refractivity contribution is -0.139. The van der Waals surface area contributed by atoms with E-state index in [-0.39, 0.29) is 33.6 Å². The van der Waals surface area contributed by atoms with Crippen LogP contribution >= 0.6 is 11.6 Å². The van der Waals surface area contributed by atoms with E-state index >= 15 is 0 Å². The predicted molar refractivity (Wildman–Crippen MR) is 105 cm³/mol. The van der Waals surface area contributed by atoms with E-state index in [9.17, 15) is 28.6 Å². The zero-order valence-electron chi connectivity index (χ0n) is 15.7. The molecule has 0 amide bonds. The molecule has 152 valence electrons. The van der Waals surface area contributed by atoms with E-state index in [0.717, 1.165) is 22.8 Å². The van der Waals surface area contributed by atoms with Crippen LogP contribution in [0.1, 0.15) is 47.3 Å². The van der Waals surface area contributed by atoms with E-state index in [1.807, 2.05) is 6.92 Å². The Morgan fingerprint density at radius 1 is 1.17 bits per heavy atom. The summed E-state index contributed by atoms with van der Waals surface area (Å²) in [4.78, 5) is 25.0. The smallest absolute Gasteiger partial charge is 0.311 e. The van der Waals surface area contributed by atoms with Gasteiger partial charge >= 0.3 is 5.97 Å². The Labute approximate surface area is 170 Å². The van der Waals surface area contributed by atoms with Crippen molar-refractivity contribution in [2.75, 3.05) is 0 Å². The molecule has 8 heteroatoms. The molecule has 1 unspecified atom stereocenters. The van der Waals surface area contributed by atoms with Gasteiger partial charge in [0, 0.05) is 22.7 Å². The molecule has 1 aromatic heterocycles. The normalized spacial score (nSPS) is 12.3. The fourth-order valence-electron chi connectivity index (χ4n) is 3.59. The third-order valence-electron chi connectivity index (χ3n) is 4.91. The zero-order valence-corrected chi connectivity index (χ0v) is 16.4. The number of nitrogens with zero attached hydrogens (tertiary/aromatic N) is 1. The molecule has 0 bridgehead atoms. The van der Waals surface area contributed by atoms with Gasteiger partial charge in [0.2, 0.25) is 0 Å². The maximum atomic E-state index is 14.1. The van der Waals surface area contributed by atoms with Crippen molar-refractivity contribution in [3.63, 3.8) is 0 Å². The number of halogens is 3. The van der Waals surface area contributed by atoms with Crippen LogP contribution in [0.15, 0.2) is 30.3 Å². The minimum Gasteiger partial charge on any atom is -0.505 e. The minimum atomic E-state index is -1.09. The molecule has 29 heavy (non-hydrogen) atoms. The van der Waals surface area contributed by atoms with Crippen molar-refractivity contribution in [2.45, 2.75) is 32.6 Å². The van der Waals surface area contributed by atoms with Gasteiger partial charge in [0.1, 0.15) is 5.82 Å². The molecule has 0 aliphatic rings. The average molecular weight is 422 g/mol. The van der Waals surface area contributed by atoms with Crippen LogP contribution in [0.25, 0.3) is 10.9 Å². The molecule has 2 N–H and O–H groups in total. The lowest BCUT2D eigenvalue weighted by Gasteiger charge is -2.13. The molecule has 0 aliphatic heterocycles. The van der Waals surface area contributed by atoms with Gasteiger partial charge in [-0.2, -0.15) is 0 Å². The van der Waals surface area contributed by atoms with Gasteiger partial charge in [-0.05, 0) is 43.2 Å². The number of carboxylic acids is 1. The molecule has 0 spiro atoms. The van der Waals surface area contributed by atoms with E-state index in [4.69, 9.17) is 11.6 Å². The van der Waals surface area contributed by atoms with Crippen molar-refractivity contribution in [1.29, 1.82) is 0 Å². The summed E-state index contributed by atoms with van der Waals surface area (Å²) in [5.74, 6) is -5.11. The SMILES string of the molecule is CCCC(C(=O)O)c1c(C)n(C(=O)c2ccc(Cl)c(F)c2)c2cc(F)c(O)cc12. The van der Waals surface area contributed by atoms with Crippen molar-refractivity contribution in [3.8, 4) is 5.75 Å². The number of phenols is 1. The second-order valence-corrected chi connectivity index (χ2v) is 7.18. The quantitative estimate of drug-likeness (QED) is 0.590. The largest absolute Gasteiger partial charge is 0.505 e. The number of aromatic hydroxyl groups is 1. The molecular weight excluding hydrogens is 404 g/mol. The van der Waals surface area contributed by atoms with Crippen LogP contribution in [-0.2, 0) is 4.79 Å². The van der Waals surface area contributed by atoms with Crippen LogP contribution in [-0.4, -0.2) is 26.7 Å². The number of benzene rings is 2. The summed E-state index contributed by atoms with van der Waals surface area (Å²) in [6, 6.07) is 5.61. The molecule has 0 fully saturated rings. The first-order chi connectivity index (χ1) is 13.7. The van der Waals surface area contributed by atoms with Crippen molar-refractivity contribution in [2.24, 2.45) is 0 Å². The number of rotatable bonds is 5. The van der Waals surface area contributed by atoms with E-state index in [0.29, 0.717) is 12.0 Å². The van der Waals surface area contributed by atoms with Crippen LogP contribution in [0.5, 0.6) is 5.75 Å². The zero-order chi connectivity index (χ0) is 21.5.